The highest BCUT2D eigenvalue weighted by Crippen LogP contribution is 2.45. The number of hydrogen-bond acceptors (Lipinski definition) is 1. The van der Waals surface area contributed by atoms with Crippen molar-refractivity contribution in [2.24, 2.45) is 0 Å². The first-order valence-electron chi connectivity index (χ1n) is 5.37. The van der Waals surface area contributed by atoms with Crippen molar-refractivity contribution in [3.8, 4) is 0 Å². The molecule has 1 amide bonds. The molecule has 1 fully saturated rings. The van der Waals surface area contributed by atoms with Crippen LogP contribution in [0.2, 0.25) is 0 Å². The molecule has 0 aliphatic heterocycles. The molecule has 16 heavy (non-hydrogen) atoms. The lowest BCUT2D eigenvalue weighted by Gasteiger charge is -2.16. The second kappa shape index (κ2) is 4.08. The number of hydrogen-bond donors (Lipinski definition) is 1. The number of carbonyl (C=O) groups excluding carboxylic acids is 1. The van der Waals surface area contributed by atoms with Crippen LogP contribution in [0.15, 0.2) is 36.4 Å². The van der Waals surface area contributed by atoms with E-state index < -0.39 is 0 Å². The summed E-state index contributed by atoms with van der Waals surface area (Å²) in [4.78, 5) is 11.5. The molecule has 1 saturated carbocycles. The van der Waals surface area contributed by atoms with E-state index in [1.165, 1.54) is 18.2 Å². The van der Waals surface area contributed by atoms with E-state index in [-0.39, 0.29) is 17.3 Å². The lowest BCUT2D eigenvalue weighted by molar-refractivity contribution is -0.117. The van der Waals surface area contributed by atoms with Gasteiger partial charge in [-0.25, -0.2) is 4.39 Å². The van der Waals surface area contributed by atoms with E-state index in [2.05, 4.69) is 5.32 Å². The SMILES string of the molecule is C/C=C/C(=O)NC1(c2cccc(F)c2)CC1. The number of rotatable bonds is 3. The predicted molar refractivity (Wildman–Crippen MR) is 60.3 cm³/mol. The van der Waals surface area contributed by atoms with Gasteiger partial charge in [-0.3, -0.25) is 4.79 Å². The molecule has 0 radical (unpaired) electrons. The lowest BCUT2D eigenvalue weighted by atomic mass is 10.0. The lowest BCUT2D eigenvalue weighted by Crippen LogP contribution is -2.33. The molecule has 0 heterocycles. The fourth-order valence-electron chi connectivity index (χ4n) is 1.83. The average Bonchev–Trinajstić information content (AvgIpc) is 2.99. The second-order valence-corrected chi connectivity index (χ2v) is 4.08. The van der Waals surface area contributed by atoms with Crippen LogP contribution in [0.4, 0.5) is 4.39 Å². The van der Waals surface area contributed by atoms with Crippen molar-refractivity contribution in [1.29, 1.82) is 0 Å². The summed E-state index contributed by atoms with van der Waals surface area (Å²) in [6.07, 6.45) is 4.93. The molecule has 1 aromatic carbocycles. The van der Waals surface area contributed by atoms with Crippen LogP contribution in [0.3, 0.4) is 0 Å². The molecule has 0 bridgehead atoms. The summed E-state index contributed by atoms with van der Waals surface area (Å²) in [5.41, 5.74) is 0.518. The van der Waals surface area contributed by atoms with Crippen molar-refractivity contribution < 1.29 is 9.18 Å². The average molecular weight is 219 g/mol. The Labute approximate surface area is 94.2 Å². The third-order valence-electron chi connectivity index (χ3n) is 2.81. The number of halogens is 1. The first-order valence-corrected chi connectivity index (χ1v) is 5.37. The number of allylic oxidation sites excluding steroid dienone is 1. The zero-order chi connectivity index (χ0) is 11.6. The number of carbonyl (C=O) groups is 1. The van der Waals surface area contributed by atoms with Gasteiger partial charge in [-0.2, -0.15) is 0 Å². The van der Waals surface area contributed by atoms with E-state index in [1.54, 1.807) is 19.1 Å². The summed E-state index contributed by atoms with van der Waals surface area (Å²) in [6.45, 7) is 1.79. The molecule has 1 N–H and O–H groups in total. The molecule has 0 aromatic heterocycles. The Balaban J connectivity index is 2.17. The van der Waals surface area contributed by atoms with Gasteiger partial charge >= 0.3 is 0 Å². The molecule has 84 valence electrons. The van der Waals surface area contributed by atoms with Gasteiger partial charge in [-0.05, 0) is 43.5 Å². The molecule has 3 heteroatoms. The Kier molecular flexibility index (Phi) is 2.77. The zero-order valence-corrected chi connectivity index (χ0v) is 9.16. The summed E-state index contributed by atoms with van der Waals surface area (Å²) < 4.78 is 13.1. The Bertz CT molecular complexity index is 435. The smallest absolute Gasteiger partial charge is 0.244 e. The zero-order valence-electron chi connectivity index (χ0n) is 9.16. The Morgan fingerprint density at radius 3 is 2.81 bits per heavy atom. The molecule has 1 aliphatic carbocycles. The molecule has 0 spiro atoms. The summed E-state index contributed by atoms with van der Waals surface area (Å²) in [6, 6.07) is 6.43. The van der Waals surface area contributed by atoms with Crippen LogP contribution in [0, 0.1) is 5.82 Å². The number of nitrogens with one attached hydrogen (secondary N) is 1. The third kappa shape index (κ3) is 2.13. The maximum Gasteiger partial charge on any atom is 0.244 e. The van der Waals surface area contributed by atoms with Crippen LogP contribution in [0.1, 0.15) is 25.3 Å². The van der Waals surface area contributed by atoms with Gasteiger partial charge < -0.3 is 5.32 Å². The molecule has 0 atom stereocenters. The van der Waals surface area contributed by atoms with Gasteiger partial charge in [0.15, 0.2) is 0 Å². The highest BCUT2D eigenvalue weighted by molar-refractivity contribution is 5.88. The number of benzene rings is 1. The largest absolute Gasteiger partial charge is 0.343 e. The molecule has 0 unspecified atom stereocenters. The van der Waals surface area contributed by atoms with Crippen LogP contribution in [0.5, 0.6) is 0 Å². The van der Waals surface area contributed by atoms with Crippen molar-refractivity contribution in [1.82, 2.24) is 5.32 Å². The van der Waals surface area contributed by atoms with Gasteiger partial charge in [0.05, 0.1) is 5.54 Å². The molecule has 2 nitrogen and oxygen atoms in total. The Morgan fingerprint density at radius 1 is 1.50 bits per heavy atom. The molecule has 0 saturated heterocycles. The van der Waals surface area contributed by atoms with Crippen LogP contribution in [-0.2, 0) is 10.3 Å². The standard InChI is InChI=1S/C13H14FNO/c1-2-4-12(16)15-13(7-8-13)10-5-3-6-11(14)9-10/h2-6,9H,7-8H2,1H3,(H,15,16)/b4-2+. The second-order valence-electron chi connectivity index (χ2n) is 4.08. The van der Waals surface area contributed by atoms with Crippen molar-refractivity contribution in [2.45, 2.75) is 25.3 Å². The van der Waals surface area contributed by atoms with Crippen molar-refractivity contribution in [3.05, 3.63) is 47.8 Å². The summed E-state index contributed by atoms with van der Waals surface area (Å²) in [7, 11) is 0. The van der Waals surface area contributed by atoms with E-state index in [9.17, 15) is 9.18 Å². The van der Waals surface area contributed by atoms with Crippen molar-refractivity contribution in [3.63, 3.8) is 0 Å². The van der Waals surface area contributed by atoms with E-state index in [1.807, 2.05) is 6.07 Å². The monoisotopic (exact) mass is 219 g/mol. The van der Waals surface area contributed by atoms with Crippen LogP contribution in [0.25, 0.3) is 0 Å². The van der Waals surface area contributed by atoms with E-state index in [0.717, 1.165) is 18.4 Å². The van der Waals surface area contributed by atoms with E-state index in [4.69, 9.17) is 0 Å². The maximum atomic E-state index is 13.1. The van der Waals surface area contributed by atoms with E-state index >= 15 is 0 Å². The Hall–Kier alpha value is -1.64. The van der Waals surface area contributed by atoms with Gasteiger partial charge in [-0.1, -0.05) is 18.2 Å². The van der Waals surface area contributed by atoms with E-state index in [0.29, 0.717) is 0 Å². The predicted octanol–water partition coefficient (Wildman–Crippen LogP) is 2.51. The first kappa shape index (κ1) is 10.9. The topological polar surface area (TPSA) is 29.1 Å². The van der Waals surface area contributed by atoms with Gasteiger partial charge in [0.25, 0.3) is 0 Å². The highest BCUT2D eigenvalue weighted by atomic mass is 19.1. The molecule has 2 rings (SSSR count). The summed E-state index contributed by atoms with van der Waals surface area (Å²) >= 11 is 0. The minimum Gasteiger partial charge on any atom is -0.343 e. The minimum absolute atomic E-state index is 0.121. The van der Waals surface area contributed by atoms with Gasteiger partial charge in [-0.15, -0.1) is 0 Å². The quantitative estimate of drug-likeness (QED) is 0.777. The maximum absolute atomic E-state index is 13.1. The molecular formula is C13H14FNO. The van der Waals surface area contributed by atoms with Crippen LogP contribution in [-0.4, -0.2) is 5.91 Å². The number of amides is 1. The van der Waals surface area contributed by atoms with Crippen molar-refractivity contribution >= 4 is 5.91 Å². The highest BCUT2D eigenvalue weighted by Gasteiger charge is 2.45. The van der Waals surface area contributed by atoms with Crippen molar-refractivity contribution in [2.75, 3.05) is 0 Å². The minimum atomic E-state index is -0.335. The normalized spacial score (nSPS) is 17.4. The summed E-state index contributed by atoms with van der Waals surface area (Å²) in [5, 5.41) is 2.92. The fraction of sp³-hybridized carbons (Fsp3) is 0.308. The fourth-order valence-corrected chi connectivity index (χ4v) is 1.83. The van der Waals surface area contributed by atoms with Crippen LogP contribution < -0.4 is 5.32 Å². The first-order chi connectivity index (χ1) is 7.66. The van der Waals surface area contributed by atoms with Crippen LogP contribution >= 0.6 is 0 Å². The summed E-state index contributed by atoms with van der Waals surface area (Å²) in [5.74, 6) is -0.381. The third-order valence-corrected chi connectivity index (χ3v) is 2.81. The molecule has 1 aliphatic rings. The van der Waals surface area contributed by atoms with Gasteiger partial charge in [0, 0.05) is 0 Å². The van der Waals surface area contributed by atoms with Gasteiger partial charge in [0.2, 0.25) is 5.91 Å². The van der Waals surface area contributed by atoms with Gasteiger partial charge in [0.1, 0.15) is 5.82 Å². The molecular weight excluding hydrogens is 205 g/mol. The molecule has 1 aromatic rings. The Morgan fingerprint density at radius 2 is 2.25 bits per heavy atom.